The number of rotatable bonds is 5. The fourth-order valence-electron chi connectivity index (χ4n) is 2.09. The first kappa shape index (κ1) is 16.3. The molecule has 0 aliphatic heterocycles. The summed E-state index contributed by atoms with van der Waals surface area (Å²) in [7, 11) is 1.54. The van der Waals surface area contributed by atoms with Crippen LogP contribution in [0.15, 0.2) is 54.0 Å². The molecule has 0 unspecified atom stereocenters. The van der Waals surface area contributed by atoms with Crippen molar-refractivity contribution in [1.82, 2.24) is 4.98 Å². The second-order valence-electron chi connectivity index (χ2n) is 4.85. The zero-order valence-corrected chi connectivity index (χ0v) is 14.3. The van der Waals surface area contributed by atoms with Crippen LogP contribution in [0.2, 0.25) is 5.02 Å². The maximum atomic E-state index is 12.4. The third kappa shape index (κ3) is 3.84. The molecule has 0 fully saturated rings. The van der Waals surface area contributed by atoms with Crippen LogP contribution in [0, 0.1) is 0 Å². The van der Waals surface area contributed by atoms with Crippen molar-refractivity contribution < 1.29 is 9.53 Å². The highest BCUT2D eigenvalue weighted by Crippen LogP contribution is 2.27. The zero-order valence-electron chi connectivity index (χ0n) is 12.7. The number of amides is 1. The molecule has 2 N–H and O–H groups in total. The Morgan fingerprint density at radius 2 is 2.08 bits per heavy atom. The lowest BCUT2D eigenvalue weighted by Gasteiger charge is -2.09. The number of carbonyl (C=O) groups is 1. The summed E-state index contributed by atoms with van der Waals surface area (Å²) < 4.78 is 5.10. The summed E-state index contributed by atoms with van der Waals surface area (Å²) >= 11 is 7.56. The molecular weight excluding hydrogens is 346 g/mol. The monoisotopic (exact) mass is 359 g/mol. The van der Waals surface area contributed by atoms with Gasteiger partial charge in [-0.3, -0.25) is 4.79 Å². The van der Waals surface area contributed by atoms with E-state index < -0.39 is 0 Å². The first-order chi connectivity index (χ1) is 11.7. The summed E-state index contributed by atoms with van der Waals surface area (Å²) in [4.78, 5) is 16.6. The van der Waals surface area contributed by atoms with E-state index in [1.807, 2.05) is 17.5 Å². The fraction of sp³-hybridized carbons (Fsp3) is 0.0588. The van der Waals surface area contributed by atoms with Gasteiger partial charge in [-0.1, -0.05) is 17.7 Å². The minimum atomic E-state index is -0.223. The van der Waals surface area contributed by atoms with Gasteiger partial charge >= 0.3 is 0 Å². The van der Waals surface area contributed by atoms with Crippen LogP contribution in [0.4, 0.5) is 16.5 Å². The second-order valence-corrected chi connectivity index (χ2v) is 6.15. The van der Waals surface area contributed by atoms with Crippen LogP contribution in [0.5, 0.6) is 5.75 Å². The van der Waals surface area contributed by atoms with Crippen molar-refractivity contribution in [3.8, 4) is 5.75 Å². The number of methoxy groups -OCH3 is 1. The minimum absolute atomic E-state index is 0.223. The van der Waals surface area contributed by atoms with Crippen LogP contribution >= 0.6 is 22.9 Å². The van der Waals surface area contributed by atoms with E-state index in [2.05, 4.69) is 15.6 Å². The quantitative estimate of drug-likeness (QED) is 0.686. The lowest BCUT2D eigenvalue weighted by Crippen LogP contribution is -2.12. The number of ether oxygens (including phenoxy) is 1. The second kappa shape index (κ2) is 7.33. The number of thiazole rings is 1. The Kier molecular flexibility index (Phi) is 4.98. The summed E-state index contributed by atoms with van der Waals surface area (Å²) in [5, 5.41) is 9.07. The van der Waals surface area contributed by atoms with E-state index in [1.54, 1.807) is 43.6 Å². The van der Waals surface area contributed by atoms with Gasteiger partial charge in [-0.25, -0.2) is 4.98 Å². The average Bonchev–Trinajstić information content (AvgIpc) is 3.08. The summed E-state index contributed by atoms with van der Waals surface area (Å²) in [5.74, 6) is 0.336. The van der Waals surface area contributed by atoms with E-state index in [0.717, 1.165) is 10.8 Å². The summed E-state index contributed by atoms with van der Waals surface area (Å²) in [6, 6.07) is 12.3. The molecule has 1 amide bonds. The van der Waals surface area contributed by atoms with Crippen molar-refractivity contribution in [3.63, 3.8) is 0 Å². The van der Waals surface area contributed by atoms with E-state index >= 15 is 0 Å². The molecule has 122 valence electrons. The highest BCUT2D eigenvalue weighted by Gasteiger charge is 2.09. The van der Waals surface area contributed by atoms with Crippen LogP contribution < -0.4 is 15.4 Å². The molecule has 3 rings (SSSR count). The molecule has 2 aromatic carbocycles. The van der Waals surface area contributed by atoms with Crippen molar-refractivity contribution in [2.45, 2.75) is 0 Å². The zero-order chi connectivity index (χ0) is 16.9. The predicted molar refractivity (Wildman–Crippen MR) is 97.8 cm³/mol. The SMILES string of the molecule is COc1ccc(NC(=O)c2cccc(Nc3nccs3)c2)cc1Cl. The van der Waals surface area contributed by atoms with Crippen molar-refractivity contribution in [1.29, 1.82) is 0 Å². The lowest BCUT2D eigenvalue weighted by atomic mass is 10.2. The molecule has 1 heterocycles. The van der Waals surface area contributed by atoms with Gasteiger partial charge in [0.1, 0.15) is 5.75 Å². The van der Waals surface area contributed by atoms with Gasteiger partial charge in [-0.15, -0.1) is 11.3 Å². The van der Waals surface area contributed by atoms with E-state index in [1.165, 1.54) is 11.3 Å². The highest BCUT2D eigenvalue weighted by molar-refractivity contribution is 7.13. The molecule has 0 aliphatic carbocycles. The molecule has 3 aromatic rings. The smallest absolute Gasteiger partial charge is 0.255 e. The van der Waals surface area contributed by atoms with Crippen LogP contribution in [0.3, 0.4) is 0 Å². The third-order valence-electron chi connectivity index (χ3n) is 3.22. The summed E-state index contributed by atoms with van der Waals surface area (Å²) in [6.07, 6.45) is 1.72. The van der Waals surface area contributed by atoms with Crippen molar-refractivity contribution in [2.75, 3.05) is 17.7 Å². The van der Waals surface area contributed by atoms with E-state index in [9.17, 15) is 4.79 Å². The summed E-state index contributed by atoms with van der Waals surface area (Å²) in [6.45, 7) is 0. The Morgan fingerprint density at radius 3 is 2.79 bits per heavy atom. The topological polar surface area (TPSA) is 63.2 Å². The number of anilines is 3. The Labute approximate surface area is 148 Å². The van der Waals surface area contributed by atoms with Crippen LogP contribution in [-0.2, 0) is 0 Å². The van der Waals surface area contributed by atoms with E-state index in [-0.39, 0.29) is 5.91 Å². The largest absolute Gasteiger partial charge is 0.495 e. The van der Waals surface area contributed by atoms with Gasteiger partial charge in [0.2, 0.25) is 0 Å². The van der Waals surface area contributed by atoms with Crippen LogP contribution in [-0.4, -0.2) is 18.0 Å². The molecule has 24 heavy (non-hydrogen) atoms. The van der Waals surface area contributed by atoms with Gasteiger partial charge in [-0.2, -0.15) is 0 Å². The number of hydrogen-bond acceptors (Lipinski definition) is 5. The standard InChI is InChI=1S/C17H14ClN3O2S/c1-23-15-6-5-13(10-14(15)18)20-16(22)11-3-2-4-12(9-11)21-17-19-7-8-24-17/h2-10H,1H3,(H,19,21)(H,20,22). The average molecular weight is 360 g/mol. The normalized spacial score (nSPS) is 10.2. The summed E-state index contributed by atoms with van der Waals surface area (Å²) in [5.41, 5.74) is 1.93. The van der Waals surface area contributed by atoms with Gasteiger partial charge in [0.25, 0.3) is 5.91 Å². The number of hydrogen-bond donors (Lipinski definition) is 2. The fourth-order valence-corrected chi connectivity index (χ4v) is 2.90. The molecule has 1 aromatic heterocycles. The first-order valence-corrected chi connectivity index (χ1v) is 8.33. The Balaban J connectivity index is 1.74. The Hall–Kier alpha value is -2.57. The molecule has 5 nitrogen and oxygen atoms in total. The molecule has 0 aliphatic rings. The van der Waals surface area contributed by atoms with E-state index in [4.69, 9.17) is 16.3 Å². The van der Waals surface area contributed by atoms with Crippen LogP contribution in [0.1, 0.15) is 10.4 Å². The number of aromatic nitrogens is 1. The first-order valence-electron chi connectivity index (χ1n) is 7.07. The van der Waals surface area contributed by atoms with Gasteiger partial charge in [-0.05, 0) is 36.4 Å². The van der Waals surface area contributed by atoms with Gasteiger partial charge in [0, 0.05) is 28.5 Å². The van der Waals surface area contributed by atoms with Crippen LogP contribution in [0.25, 0.3) is 0 Å². The number of halogens is 1. The van der Waals surface area contributed by atoms with Crippen molar-refractivity contribution >= 4 is 45.4 Å². The third-order valence-corrected chi connectivity index (χ3v) is 4.20. The molecule has 7 heteroatoms. The molecule has 0 bridgehead atoms. The van der Waals surface area contributed by atoms with E-state index in [0.29, 0.717) is 22.0 Å². The van der Waals surface area contributed by atoms with Crippen molar-refractivity contribution in [2.24, 2.45) is 0 Å². The molecular formula is C17H14ClN3O2S. The number of benzene rings is 2. The van der Waals surface area contributed by atoms with Gasteiger partial charge in [0.15, 0.2) is 5.13 Å². The molecule has 0 atom stereocenters. The molecule has 0 saturated carbocycles. The highest BCUT2D eigenvalue weighted by atomic mass is 35.5. The van der Waals surface area contributed by atoms with Gasteiger partial charge in [0.05, 0.1) is 12.1 Å². The number of nitrogens with one attached hydrogen (secondary N) is 2. The molecule has 0 spiro atoms. The molecule has 0 saturated heterocycles. The predicted octanol–water partition coefficient (Wildman–Crippen LogP) is 4.80. The Bertz CT molecular complexity index is 853. The molecule has 0 radical (unpaired) electrons. The Morgan fingerprint density at radius 1 is 1.21 bits per heavy atom. The number of nitrogens with zero attached hydrogens (tertiary/aromatic N) is 1. The maximum Gasteiger partial charge on any atom is 0.255 e. The minimum Gasteiger partial charge on any atom is -0.495 e. The van der Waals surface area contributed by atoms with Gasteiger partial charge < -0.3 is 15.4 Å². The number of carbonyl (C=O) groups excluding carboxylic acids is 1. The lowest BCUT2D eigenvalue weighted by molar-refractivity contribution is 0.102. The van der Waals surface area contributed by atoms with Crippen molar-refractivity contribution in [3.05, 3.63) is 64.6 Å². The maximum absolute atomic E-state index is 12.4.